The predicted molar refractivity (Wildman–Crippen MR) is 69.0 cm³/mol. The summed E-state index contributed by atoms with van der Waals surface area (Å²) in [5.74, 6) is 1.38. The molecule has 1 aromatic rings. The standard InChI is InChI=1S/C15H20O2/c1-10(2)13-8-12-6-4-5-7-17-15(12)14(9-13)11(3)16/h8-10H,4-7H2,1-3H3. The fourth-order valence-corrected chi connectivity index (χ4v) is 2.26. The van der Waals surface area contributed by atoms with Gasteiger partial charge in [0.15, 0.2) is 5.78 Å². The second-order valence-corrected chi connectivity index (χ2v) is 5.07. The second-order valence-electron chi connectivity index (χ2n) is 5.07. The number of hydrogen-bond donors (Lipinski definition) is 0. The number of carbonyl (C=O) groups is 1. The molecule has 2 rings (SSSR count). The van der Waals surface area contributed by atoms with Crippen LogP contribution in [0, 0.1) is 0 Å². The molecule has 0 saturated carbocycles. The van der Waals surface area contributed by atoms with E-state index in [1.54, 1.807) is 6.92 Å². The van der Waals surface area contributed by atoms with Gasteiger partial charge in [-0.3, -0.25) is 4.79 Å². The van der Waals surface area contributed by atoms with Crippen LogP contribution in [0.4, 0.5) is 0 Å². The van der Waals surface area contributed by atoms with Crippen LogP contribution in [0.1, 0.15) is 61.0 Å². The number of ketones is 1. The van der Waals surface area contributed by atoms with Crippen molar-refractivity contribution >= 4 is 5.78 Å². The van der Waals surface area contributed by atoms with E-state index in [1.807, 2.05) is 6.07 Å². The molecular weight excluding hydrogens is 212 g/mol. The van der Waals surface area contributed by atoms with Gasteiger partial charge in [0.1, 0.15) is 5.75 Å². The third kappa shape index (κ3) is 2.51. The second kappa shape index (κ2) is 4.91. The molecule has 0 radical (unpaired) electrons. The Hall–Kier alpha value is -1.31. The van der Waals surface area contributed by atoms with E-state index in [9.17, 15) is 4.79 Å². The van der Waals surface area contributed by atoms with Crippen LogP contribution in [0.25, 0.3) is 0 Å². The summed E-state index contributed by atoms with van der Waals surface area (Å²) < 4.78 is 5.75. The highest BCUT2D eigenvalue weighted by molar-refractivity contribution is 5.97. The molecule has 0 fully saturated rings. The van der Waals surface area contributed by atoms with Gasteiger partial charge in [0.25, 0.3) is 0 Å². The topological polar surface area (TPSA) is 26.3 Å². The first kappa shape index (κ1) is 12.2. The van der Waals surface area contributed by atoms with Crippen molar-refractivity contribution < 1.29 is 9.53 Å². The Bertz CT molecular complexity index is 433. The van der Waals surface area contributed by atoms with E-state index in [2.05, 4.69) is 19.9 Å². The predicted octanol–water partition coefficient (Wildman–Crippen LogP) is 3.73. The van der Waals surface area contributed by atoms with Gasteiger partial charge >= 0.3 is 0 Å². The zero-order chi connectivity index (χ0) is 12.4. The number of benzene rings is 1. The molecule has 0 N–H and O–H groups in total. The van der Waals surface area contributed by atoms with Crippen LogP contribution < -0.4 is 4.74 Å². The summed E-state index contributed by atoms with van der Waals surface area (Å²) in [4.78, 5) is 11.7. The number of fused-ring (bicyclic) bond motifs is 1. The van der Waals surface area contributed by atoms with Gasteiger partial charge in [-0.05, 0) is 49.3 Å². The van der Waals surface area contributed by atoms with E-state index in [0.717, 1.165) is 37.2 Å². The summed E-state index contributed by atoms with van der Waals surface area (Å²) in [7, 11) is 0. The largest absolute Gasteiger partial charge is 0.493 e. The van der Waals surface area contributed by atoms with Crippen molar-refractivity contribution in [3.05, 3.63) is 28.8 Å². The van der Waals surface area contributed by atoms with Crippen LogP contribution in [0.3, 0.4) is 0 Å². The number of ether oxygens (including phenoxy) is 1. The van der Waals surface area contributed by atoms with E-state index in [1.165, 1.54) is 11.1 Å². The minimum atomic E-state index is 0.102. The number of Topliss-reactive ketones (excluding diaryl/α,β-unsaturated/α-hetero) is 1. The molecule has 2 nitrogen and oxygen atoms in total. The van der Waals surface area contributed by atoms with Crippen LogP contribution in [0.15, 0.2) is 12.1 Å². The Labute approximate surface area is 103 Å². The Morgan fingerprint density at radius 1 is 1.29 bits per heavy atom. The quantitative estimate of drug-likeness (QED) is 0.726. The summed E-state index contributed by atoms with van der Waals surface area (Å²) >= 11 is 0. The third-order valence-corrected chi connectivity index (χ3v) is 3.32. The van der Waals surface area contributed by atoms with Gasteiger partial charge < -0.3 is 4.74 Å². The van der Waals surface area contributed by atoms with Crippen LogP contribution >= 0.6 is 0 Å². The average molecular weight is 232 g/mol. The van der Waals surface area contributed by atoms with Crippen LogP contribution in [-0.2, 0) is 6.42 Å². The van der Waals surface area contributed by atoms with Crippen molar-refractivity contribution in [1.82, 2.24) is 0 Å². The minimum Gasteiger partial charge on any atom is -0.493 e. The molecule has 2 heteroatoms. The molecule has 1 aliphatic rings. The summed E-state index contributed by atoms with van der Waals surface area (Å²) in [5.41, 5.74) is 3.20. The van der Waals surface area contributed by atoms with E-state index >= 15 is 0 Å². The van der Waals surface area contributed by atoms with Gasteiger partial charge in [-0.2, -0.15) is 0 Å². The highest BCUT2D eigenvalue weighted by Gasteiger charge is 2.18. The first-order valence-corrected chi connectivity index (χ1v) is 6.40. The summed E-state index contributed by atoms with van der Waals surface area (Å²) in [5, 5.41) is 0. The zero-order valence-electron chi connectivity index (χ0n) is 10.9. The van der Waals surface area contributed by atoms with Crippen molar-refractivity contribution in [2.75, 3.05) is 6.61 Å². The molecule has 17 heavy (non-hydrogen) atoms. The Morgan fingerprint density at radius 2 is 2.06 bits per heavy atom. The molecule has 1 heterocycles. The fourth-order valence-electron chi connectivity index (χ4n) is 2.26. The van der Waals surface area contributed by atoms with Crippen molar-refractivity contribution in [2.24, 2.45) is 0 Å². The van der Waals surface area contributed by atoms with Gasteiger partial charge in [-0.15, -0.1) is 0 Å². The number of hydrogen-bond acceptors (Lipinski definition) is 2. The molecular formula is C15H20O2. The molecule has 92 valence electrons. The van der Waals surface area contributed by atoms with Crippen molar-refractivity contribution in [3.8, 4) is 5.75 Å². The number of rotatable bonds is 2. The molecule has 0 aromatic heterocycles. The minimum absolute atomic E-state index is 0.102. The Morgan fingerprint density at radius 3 is 2.71 bits per heavy atom. The maximum Gasteiger partial charge on any atom is 0.163 e. The highest BCUT2D eigenvalue weighted by Crippen LogP contribution is 2.32. The molecule has 0 amide bonds. The van der Waals surface area contributed by atoms with E-state index < -0.39 is 0 Å². The van der Waals surface area contributed by atoms with Crippen molar-refractivity contribution in [2.45, 2.75) is 46.0 Å². The number of aryl methyl sites for hydroxylation is 1. The summed E-state index contributed by atoms with van der Waals surface area (Å²) in [6.07, 6.45) is 3.24. The van der Waals surface area contributed by atoms with Crippen molar-refractivity contribution in [3.63, 3.8) is 0 Å². The molecule has 0 unspecified atom stereocenters. The molecule has 1 aromatic carbocycles. The maximum atomic E-state index is 11.7. The van der Waals surface area contributed by atoms with Gasteiger partial charge in [-0.25, -0.2) is 0 Å². The van der Waals surface area contributed by atoms with Gasteiger partial charge in [-0.1, -0.05) is 19.9 Å². The van der Waals surface area contributed by atoms with Gasteiger partial charge in [0.05, 0.1) is 12.2 Å². The highest BCUT2D eigenvalue weighted by atomic mass is 16.5. The smallest absolute Gasteiger partial charge is 0.163 e. The lowest BCUT2D eigenvalue weighted by molar-refractivity contribution is 0.101. The maximum absolute atomic E-state index is 11.7. The van der Waals surface area contributed by atoms with Crippen LogP contribution in [0.5, 0.6) is 5.75 Å². The van der Waals surface area contributed by atoms with Crippen molar-refractivity contribution in [1.29, 1.82) is 0 Å². The third-order valence-electron chi connectivity index (χ3n) is 3.32. The lowest BCUT2D eigenvalue weighted by Crippen LogP contribution is -2.05. The SMILES string of the molecule is CC(=O)c1cc(C(C)C)cc2c1OCCCC2. The monoisotopic (exact) mass is 232 g/mol. The molecule has 0 bridgehead atoms. The first-order valence-electron chi connectivity index (χ1n) is 6.40. The normalized spacial score (nSPS) is 15.1. The number of carbonyl (C=O) groups excluding carboxylic acids is 1. The zero-order valence-corrected chi connectivity index (χ0v) is 10.9. The fraction of sp³-hybridized carbons (Fsp3) is 0.533. The Kier molecular flexibility index (Phi) is 3.51. The molecule has 0 aliphatic carbocycles. The van der Waals surface area contributed by atoms with E-state index in [-0.39, 0.29) is 5.78 Å². The first-order chi connectivity index (χ1) is 8.09. The van der Waals surface area contributed by atoms with Gasteiger partial charge in [0.2, 0.25) is 0 Å². The molecule has 0 saturated heterocycles. The summed E-state index contributed by atoms with van der Waals surface area (Å²) in [6.45, 7) is 6.66. The van der Waals surface area contributed by atoms with E-state index in [4.69, 9.17) is 4.74 Å². The Balaban J connectivity index is 2.55. The lowest BCUT2D eigenvalue weighted by atomic mass is 9.93. The lowest BCUT2D eigenvalue weighted by Gasteiger charge is -2.15. The molecule has 0 atom stereocenters. The molecule has 0 spiro atoms. The van der Waals surface area contributed by atoms with Gasteiger partial charge in [0, 0.05) is 0 Å². The van der Waals surface area contributed by atoms with Crippen LogP contribution in [0.2, 0.25) is 0 Å². The molecule has 1 aliphatic heterocycles. The van der Waals surface area contributed by atoms with E-state index in [0.29, 0.717) is 5.92 Å². The average Bonchev–Trinajstić information content (AvgIpc) is 2.51. The summed E-state index contributed by atoms with van der Waals surface area (Å²) in [6, 6.07) is 4.20. The van der Waals surface area contributed by atoms with Crippen LogP contribution in [-0.4, -0.2) is 12.4 Å².